The number of carbonyl (C=O) groups excluding carboxylic acids is 3. The lowest BCUT2D eigenvalue weighted by atomic mass is 10.1. The van der Waals surface area contributed by atoms with Gasteiger partial charge in [-0.05, 0) is 56.2 Å². The molecule has 0 unspecified atom stereocenters. The van der Waals surface area contributed by atoms with Crippen LogP contribution in [0.5, 0.6) is 0 Å². The van der Waals surface area contributed by atoms with E-state index in [0.29, 0.717) is 11.3 Å². The van der Waals surface area contributed by atoms with Crippen LogP contribution in [0.25, 0.3) is 0 Å². The number of nitrogens with one attached hydrogen (secondary N) is 3. The van der Waals surface area contributed by atoms with Gasteiger partial charge in [0.1, 0.15) is 18.0 Å². The number of alkyl carbamates (subject to hydrolysis) is 1. The maximum absolute atomic E-state index is 12.9. The third kappa shape index (κ3) is 8.72. The van der Waals surface area contributed by atoms with Gasteiger partial charge in [0, 0.05) is 12.2 Å². The van der Waals surface area contributed by atoms with E-state index in [-0.39, 0.29) is 31.2 Å². The van der Waals surface area contributed by atoms with Crippen LogP contribution in [0.4, 0.5) is 14.9 Å². The smallest absolute Gasteiger partial charge is 0.408 e. The third-order valence-corrected chi connectivity index (χ3v) is 3.77. The molecule has 0 aliphatic carbocycles. The Hall–Kier alpha value is -3.42. The summed E-state index contributed by atoms with van der Waals surface area (Å²) < 4.78 is 18.0. The molecule has 160 valence electrons. The van der Waals surface area contributed by atoms with Crippen molar-refractivity contribution in [3.8, 4) is 0 Å². The van der Waals surface area contributed by atoms with E-state index in [9.17, 15) is 18.8 Å². The van der Waals surface area contributed by atoms with Crippen LogP contribution >= 0.6 is 0 Å². The Balaban J connectivity index is 1.79. The minimum Gasteiger partial charge on any atom is -0.444 e. The van der Waals surface area contributed by atoms with Crippen molar-refractivity contribution in [1.82, 2.24) is 10.6 Å². The highest BCUT2D eigenvalue weighted by molar-refractivity contribution is 5.93. The van der Waals surface area contributed by atoms with Gasteiger partial charge in [-0.2, -0.15) is 0 Å². The number of rotatable bonds is 7. The molecule has 3 amide bonds. The Morgan fingerprint density at radius 2 is 1.63 bits per heavy atom. The molecule has 2 aromatic rings. The minimum absolute atomic E-state index is 0.146. The Kier molecular flexibility index (Phi) is 7.91. The number of carbonyl (C=O) groups is 3. The highest BCUT2D eigenvalue weighted by Crippen LogP contribution is 2.11. The zero-order valence-corrected chi connectivity index (χ0v) is 17.3. The largest absolute Gasteiger partial charge is 0.444 e. The molecule has 0 aromatic heterocycles. The number of ether oxygens (including phenoxy) is 1. The van der Waals surface area contributed by atoms with E-state index in [1.807, 2.05) is 6.07 Å². The number of anilines is 1. The van der Waals surface area contributed by atoms with Gasteiger partial charge in [0.15, 0.2) is 0 Å². The fourth-order valence-corrected chi connectivity index (χ4v) is 2.48. The number of hydrogen-bond donors (Lipinski definition) is 3. The van der Waals surface area contributed by atoms with E-state index < -0.39 is 17.6 Å². The second-order valence-corrected chi connectivity index (χ2v) is 7.68. The SMILES string of the molecule is CC(C)(C)OC(=O)NCC(=O)Nc1cccc(CNC(=O)Cc2ccc(F)cc2)c1. The van der Waals surface area contributed by atoms with Crippen molar-refractivity contribution in [3.63, 3.8) is 0 Å². The fraction of sp³-hybridized carbons (Fsp3) is 0.318. The van der Waals surface area contributed by atoms with E-state index in [2.05, 4.69) is 16.0 Å². The molecule has 0 saturated carbocycles. The van der Waals surface area contributed by atoms with Gasteiger partial charge < -0.3 is 20.7 Å². The predicted octanol–water partition coefficient (Wildman–Crippen LogP) is 3.15. The first kappa shape index (κ1) is 22.9. The van der Waals surface area contributed by atoms with Crippen molar-refractivity contribution in [2.45, 2.75) is 39.3 Å². The molecule has 0 bridgehead atoms. The lowest BCUT2D eigenvalue weighted by Gasteiger charge is -2.19. The lowest BCUT2D eigenvalue weighted by Crippen LogP contribution is -2.37. The average molecular weight is 415 g/mol. The summed E-state index contributed by atoms with van der Waals surface area (Å²) in [6.07, 6.45) is -0.525. The normalized spacial score (nSPS) is 10.8. The Morgan fingerprint density at radius 3 is 2.30 bits per heavy atom. The predicted molar refractivity (Wildman–Crippen MR) is 111 cm³/mol. The first-order valence-corrected chi connectivity index (χ1v) is 9.47. The molecule has 0 heterocycles. The van der Waals surface area contributed by atoms with Gasteiger partial charge in [0.25, 0.3) is 0 Å². The summed E-state index contributed by atoms with van der Waals surface area (Å²) in [7, 11) is 0. The van der Waals surface area contributed by atoms with Gasteiger partial charge in [-0.3, -0.25) is 9.59 Å². The Labute approximate surface area is 175 Å². The van der Waals surface area contributed by atoms with E-state index in [0.717, 1.165) is 5.56 Å². The van der Waals surface area contributed by atoms with Crippen molar-refractivity contribution in [2.24, 2.45) is 0 Å². The summed E-state index contributed by atoms with van der Waals surface area (Å²) in [6.45, 7) is 5.25. The van der Waals surface area contributed by atoms with Gasteiger partial charge in [-0.1, -0.05) is 24.3 Å². The monoisotopic (exact) mass is 415 g/mol. The molecule has 2 rings (SSSR count). The second kappa shape index (κ2) is 10.4. The lowest BCUT2D eigenvalue weighted by molar-refractivity contribution is -0.120. The molecule has 0 fully saturated rings. The van der Waals surface area contributed by atoms with Crippen molar-refractivity contribution in [1.29, 1.82) is 0 Å². The molecule has 30 heavy (non-hydrogen) atoms. The zero-order chi connectivity index (χ0) is 22.1. The average Bonchev–Trinajstić information content (AvgIpc) is 2.66. The minimum atomic E-state index is -0.671. The van der Waals surface area contributed by atoms with Crippen LogP contribution in [0.15, 0.2) is 48.5 Å². The molecule has 2 aromatic carbocycles. The van der Waals surface area contributed by atoms with Gasteiger partial charge in [0.05, 0.1) is 6.42 Å². The Morgan fingerprint density at radius 1 is 0.933 bits per heavy atom. The summed E-state index contributed by atoms with van der Waals surface area (Å²) in [5.74, 6) is -0.949. The fourth-order valence-electron chi connectivity index (χ4n) is 2.48. The van der Waals surface area contributed by atoms with E-state index in [1.54, 1.807) is 51.1 Å². The van der Waals surface area contributed by atoms with Gasteiger partial charge >= 0.3 is 6.09 Å². The van der Waals surface area contributed by atoms with E-state index in [4.69, 9.17) is 4.74 Å². The molecule has 0 radical (unpaired) electrons. The van der Waals surface area contributed by atoms with Gasteiger partial charge in [0.2, 0.25) is 11.8 Å². The standard InChI is InChI=1S/C22H26FN3O4/c1-22(2,3)30-21(29)25-14-20(28)26-18-6-4-5-16(11-18)13-24-19(27)12-15-7-9-17(23)10-8-15/h4-11H,12-14H2,1-3H3,(H,24,27)(H,25,29)(H,26,28). The summed E-state index contributed by atoms with van der Waals surface area (Å²) in [5, 5.41) is 7.85. The summed E-state index contributed by atoms with van der Waals surface area (Å²) in [4.78, 5) is 35.7. The van der Waals surface area contributed by atoms with Crippen LogP contribution in [0, 0.1) is 5.82 Å². The molecule has 7 nitrogen and oxygen atoms in total. The second-order valence-electron chi connectivity index (χ2n) is 7.68. The zero-order valence-electron chi connectivity index (χ0n) is 17.3. The van der Waals surface area contributed by atoms with Crippen LogP contribution in [0.1, 0.15) is 31.9 Å². The van der Waals surface area contributed by atoms with Crippen molar-refractivity contribution in [2.75, 3.05) is 11.9 Å². The molecule has 3 N–H and O–H groups in total. The molecular formula is C22H26FN3O4. The van der Waals surface area contributed by atoms with Gasteiger partial charge in [-0.25, -0.2) is 9.18 Å². The topological polar surface area (TPSA) is 96.5 Å². The molecule has 0 atom stereocenters. The molecule has 0 aliphatic rings. The summed E-state index contributed by atoms with van der Waals surface area (Å²) in [6, 6.07) is 12.7. The molecule has 0 spiro atoms. The number of benzene rings is 2. The highest BCUT2D eigenvalue weighted by Gasteiger charge is 2.16. The van der Waals surface area contributed by atoms with Crippen molar-refractivity contribution in [3.05, 3.63) is 65.5 Å². The van der Waals surface area contributed by atoms with Crippen LogP contribution in [-0.2, 0) is 27.3 Å². The summed E-state index contributed by atoms with van der Waals surface area (Å²) >= 11 is 0. The molecule has 0 saturated heterocycles. The maximum Gasteiger partial charge on any atom is 0.408 e. The van der Waals surface area contributed by atoms with E-state index in [1.165, 1.54) is 12.1 Å². The number of amides is 3. The summed E-state index contributed by atoms with van der Waals surface area (Å²) in [5.41, 5.74) is 1.40. The van der Waals surface area contributed by atoms with E-state index >= 15 is 0 Å². The van der Waals surface area contributed by atoms with Gasteiger partial charge in [-0.15, -0.1) is 0 Å². The van der Waals surface area contributed by atoms with Crippen molar-refractivity contribution >= 4 is 23.6 Å². The van der Waals surface area contributed by atoms with Crippen LogP contribution in [0.3, 0.4) is 0 Å². The highest BCUT2D eigenvalue weighted by atomic mass is 19.1. The molecule has 0 aliphatic heterocycles. The molecular weight excluding hydrogens is 389 g/mol. The first-order chi connectivity index (χ1) is 14.1. The van der Waals surface area contributed by atoms with Crippen LogP contribution in [-0.4, -0.2) is 30.1 Å². The van der Waals surface area contributed by atoms with Crippen LogP contribution in [0.2, 0.25) is 0 Å². The van der Waals surface area contributed by atoms with Crippen molar-refractivity contribution < 1.29 is 23.5 Å². The third-order valence-electron chi connectivity index (χ3n) is 3.77. The Bertz CT molecular complexity index is 892. The number of halogens is 1. The molecule has 8 heteroatoms. The van der Waals surface area contributed by atoms with Crippen LogP contribution < -0.4 is 16.0 Å². The first-order valence-electron chi connectivity index (χ1n) is 9.47. The quantitative estimate of drug-likeness (QED) is 0.647. The number of hydrogen-bond acceptors (Lipinski definition) is 4. The maximum atomic E-state index is 12.9.